The van der Waals surface area contributed by atoms with E-state index in [0.29, 0.717) is 79.6 Å². The lowest BCUT2D eigenvalue weighted by molar-refractivity contribution is -0.122. The van der Waals surface area contributed by atoms with E-state index in [2.05, 4.69) is 26.7 Å². The molecule has 2 fully saturated rings. The molecule has 4 heterocycles. The number of nitrogens with one attached hydrogen (secondary N) is 1. The molecule has 0 radical (unpaired) electrons. The molecule has 2 aromatic heterocycles. The third-order valence-corrected chi connectivity index (χ3v) is 11.4. The number of pyridine rings is 2. The average molecular weight is 797 g/mol. The van der Waals surface area contributed by atoms with Crippen molar-refractivity contribution >= 4 is 39.1 Å². The van der Waals surface area contributed by atoms with Gasteiger partial charge in [-0.1, -0.05) is 65.7 Å². The van der Waals surface area contributed by atoms with Crippen LogP contribution in [0.3, 0.4) is 0 Å². The standard InChI is InChI=1S/C39H43Cl2N5O7S/c1-39(48)21-46(22-39)19-24-11-13-32(42-36(24)51-2)30-10-6-9-29(34(30)41)26-7-5-8-28-27(26)12-14-33(28)53-38-31(40)17-25(37(43-38)52-3)20-45-16-15-23(18-45)35(47)44-54(4,49)50/h5-11,13,17,23,33,48H,12,14-16,18-22H2,1-4H3,(H,44,47)/t23-,33+/m1/s1. The maximum atomic E-state index is 12.4. The average Bonchev–Trinajstić information content (AvgIpc) is 3.76. The van der Waals surface area contributed by atoms with Crippen molar-refractivity contribution in [2.75, 3.05) is 46.7 Å². The highest BCUT2D eigenvalue weighted by Gasteiger charge is 2.37. The first-order valence-electron chi connectivity index (χ1n) is 17.8. The summed E-state index contributed by atoms with van der Waals surface area (Å²) < 4.78 is 42.9. The molecule has 3 aliphatic rings. The number of hydrogen-bond donors (Lipinski definition) is 2. The first-order valence-corrected chi connectivity index (χ1v) is 20.4. The number of carbonyl (C=O) groups is 1. The van der Waals surface area contributed by atoms with Gasteiger partial charge >= 0.3 is 0 Å². The van der Waals surface area contributed by atoms with Crippen molar-refractivity contribution in [1.29, 1.82) is 0 Å². The molecule has 2 saturated heterocycles. The number of halogens is 2. The Balaban J connectivity index is 1.08. The lowest BCUT2D eigenvalue weighted by Crippen LogP contribution is -2.59. The summed E-state index contributed by atoms with van der Waals surface area (Å²) in [6.45, 7) is 5.10. The van der Waals surface area contributed by atoms with E-state index >= 15 is 0 Å². The van der Waals surface area contributed by atoms with Gasteiger partial charge in [-0.3, -0.25) is 19.3 Å². The Bertz CT molecular complexity index is 2190. The van der Waals surface area contributed by atoms with Crippen molar-refractivity contribution in [2.45, 2.75) is 51.0 Å². The van der Waals surface area contributed by atoms with Crippen LogP contribution in [0.5, 0.6) is 17.6 Å². The van der Waals surface area contributed by atoms with Gasteiger partial charge in [-0.15, -0.1) is 0 Å². The van der Waals surface area contributed by atoms with Crippen LogP contribution in [0.15, 0.2) is 54.6 Å². The fourth-order valence-corrected chi connectivity index (χ4v) is 8.89. The Morgan fingerprint density at radius 2 is 1.61 bits per heavy atom. The molecule has 0 unspecified atom stereocenters. The molecule has 12 nitrogen and oxygen atoms in total. The molecule has 1 amide bonds. The quantitative estimate of drug-likeness (QED) is 0.183. The Morgan fingerprint density at radius 1 is 0.926 bits per heavy atom. The lowest BCUT2D eigenvalue weighted by atomic mass is 9.94. The first-order chi connectivity index (χ1) is 25.7. The second-order valence-electron chi connectivity index (χ2n) is 14.6. The monoisotopic (exact) mass is 795 g/mol. The summed E-state index contributed by atoms with van der Waals surface area (Å²) in [4.78, 5) is 26.1. The van der Waals surface area contributed by atoms with Gasteiger partial charge in [-0.05, 0) is 61.6 Å². The fraction of sp³-hybridized carbons (Fsp3) is 0.410. The van der Waals surface area contributed by atoms with Gasteiger partial charge in [0.2, 0.25) is 33.6 Å². The maximum absolute atomic E-state index is 12.4. The summed E-state index contributed by atoms with van der Waals surface area (Å²) >= 11 is 13.9. The summed E-state index contributed by atoms with van der Waals surface area (Å²) in [6, 6.07) is 17.8. The molecule has 0 spiro atoms. The van der Waals surface area contributed by atoms with Crippen LogP contribution in [-0.2, 0) is 34.3 Å². The van der Waals surface area contributed by atoms with Gasteiger partial charge in [0, 0.05) is 55.0 Å². The molecule has 2 atom stereocenters. The molecule has 1 aliphatic carbocycles. The third-order valence-electron chi connectivity index (χ3n) is 10.2. The van der Waals surface area contributed by atoms with Crippen LogP contribution < -0.4 is 18.9 Å². The summed E-state index contributed by atoms with van der Waals surface area (Å²) in [5.74, 6) is 0.212. The zero-order valence-electron chi connectivity index (χ0n) is 30.6. The number of carbonyl (C=O) groups excluding carboxylic acids is 1. The van der Waals surface area contributed by atoms with Crippen molar-refractivity contribution in [3.05, 3.63) is 86.9 Å². The number of methoxy groups -OCH3 is 2. The second kappa shape index (κ2) is 15.3. The molecule has 0 bridgehead atoms. The number of nitrogens with zero attached hydrogens (tertiary/aromatic N) is 4. The molecule has 7 rings (SSSR count). The van der Waals surface area contributed by atoms with Gasteiger partial charge in [0.25, 0.3) is 0 Å². The fourth-order valence-electron chi connectivity index (χ4n) is 7.81. The van der Waals surface area contributed by atoms with Gasteiger partial charge in [-0.25, -0.2) is 13.4 Å². The number of aromatic nitrogens is 2. The van der Waals surface area contributed by atoms with Crippen molar-refractivity contribution in [3.8, 4) is 40.0 Å². The third kappa shape index (κ3) is 8.17. The van der Waals surface area contributed by atoms with Crippen LogP contribution in [0.25, 0.3) is 22.4 Å². The van der Waals surface area contributed by atoms with E-state index in [1.165, 1.54) is 7.11 Å². The lowest BCUT2D eigenvalue weighted by Gasteiger charge is -2.44. The van der Waals surface area contributed by atoms with Crippen molar-refractivity contribution in [1.82, 2.24) is 24.5 Å². The van der Waals surface area contributed by atoms with Crippen molar-refractivity contribution in [2.24, 2.45) is 5.92 Å². The van der Waals surface area contributed by atoms with Crippen LogP contribution in [-0.4, -0.2) is 91.5 Å². The number of ether oxygens (including phenoxy) is 3. The Hall–Kier alpha value is -3.98. The number of sulfonamides is 1. The number of hydrogen-bond acceptors (Lipinski definition) is 11. The normalized spacial score (nSPS) is 19.6. The smallest absolute Gasteiger partial charge is 0.237 e. The number of rotatable bonds is 12. The summed E-state index contributed by atoms with van der Waals surface area (Å²) in [5, 5.41) is 11.1. The number of likely N-dealkylation sites (tertiary alicyclic amines) is 2. The van der Waals surface area contributed by atoms with Crippen LogP contribution in [0, 0.1) is 5.92 Å². The van der Waals surface area contributed by atoms with E-state index in [-0.39, 0.29) is 12.0 Å². The maximum Gasteiger partial charge on any atom is 0.237 e. The Kier molecular flexibility index (Phi) is 10.8. The van der Waals surface area contributed by atoms with Gasteiger partial charge in [0.1, 0.15) is 11.1 Å². The summed E-state index contributed by atoms with van der Waals surface area (Å²) in [5.41, 5.74) is 6.57. The topological polar surface area (TPSA) is 143 Å². The van der Waals surface area contributed by atoms with Gasteiger partial charge in [0.15, 0.2) is 0 Å². The van der Waals surface area contributed by atoms with E-state index in [9.17, 15) is 18.3 Å². The van der Waals surface area contributed by atoms with Gasteiger partial charge in [0.05, 0.1) is 42.7 Å². The zero-order chi connectivity index (χ0) is 38.4. The Morgan fingerprint density at radius 3 is 2.33 bits per heavy atom. The molecule has 286 valence electrons. The Labute approximate surface area is 325 Å². The van der Waals surface area contributed by atoms with Gasteiger partial charge in [-0.2, -0.15) is 4.98 Å². The van der Waals surface area contributed by atoms with E-state index in [0.717, 1.165) is 51.6 Å². The molecule has 15 heteroatoms. The molecule has 0 saturated carbocycles. The number of amides is 1. The highest BCUT2D eigenvalue weighted by atomic mass is 35.5. The van der Waals surface area contributed by atoms with E-state index < -0.39 is 27.4 Å². The minimum atomic E-state index is -3.62. The SMILES string of the molecule is COc1nc(-c2cccc(-c3cccc4c3CC[C@@H]4Oc3nc(OC)c(CN4CC[C@@H](C(=O)NS(C)(=O)=O)C4)cc3Cl)c2Cl)ccc1CN1CC(C)(O)C1. The molecule has 2 N–H and O–H groups in total. The zero-order valence-corrected chi connectivity index (χ0v) is 32.9. The van der Waals surface area contributed by atoms with Crippen LogP contribution in [0.2, 0.25) is 10.0 Å². The van der Waals surface area contributed by atoms with Crippen LogP contribution in [0.4, 0.5) is 0 Å². The van der Waals surface area contributed by atoms with Crippen molar-refractivity contribution < 1.29 is 32.5 Å². The number of benzene rings is 2. The van der Waals surface area contributed by atoms with E-state index in [1.807, 2.05) is 48.2 Å². The molecular formula is C39H43Cl2N5O7S. The minimum absolute atomic E-state index is 0.260. The van der Waals surface area contributed by atoms with Crippen LogP contribution >= 0.6 is 23.2 Å². The molecule has 2 aliphatic heterocycles. The molecule has 2 aromatic carbocycles. The number of β-amino-alcohol motifs (C(OH)–C–C–N with tert-alkyl or cyclic N) is 1. The highest BCUT2D eigenvalue weighted by Crippen LogP contribution is 2.45. The van der Waals surface area contributed by atoms with E-state index in [1.54, 1.807) is 13.2 Å². The number of fused-ring (bicyclic) bond motifs is 1. The predicted molar refractivity (Wildman–Crippen MR) is 206 cm³/mol. The molecule has 54 heavy (non-hydrogen) atoms. The molecular weight excluding hydrogens is 753 g/mol. The predicted octanol–water partition coefficient (Wildman–Crippen LogP) is 5.67. The largest absolute Gasteiger partial charge is 0.481 e. The summed E-state index contributed by atoms with van der Waals surface area (Å²) in [6.07, 6.45) is 2.68. The minimum Gasteiger partial charge on any atom is -0.481 e. The van der Waals surface area contributed by atoms with Crippen molar-refractivity contribution in [3.63, 3.8) is 0 Å². The second-order valence-corrected chi connectivity index (χ2v) is 17.1. The number of aliphatic hydroxyl groups is 1. The van der Waals surface area contributed by atoms with Crippen LogP contribution in [0.1, 0.15) is 48.1 Å². The first kappa shape index (κ1) is 38.3. The van der Waals surface area contributed by atoms with E-state index in [4.69, 9.17) is 42.4 Å². The van der Waals surface area contributed by atoms with Gasteiger partial charge < -0.3 is 19.3 Å². The highest BCUT2D eigenvalue weighted by molar-refractivity contribution is 7.89. The summed E-state index contributed by atoms with van der Waals surface area (Å²) in [7, 11) is -0.483. The molecule has 4 aromatic rings.